The molecule has 1 aliphatic carbocycles. The molecule has 0 spiro atoms. The molecule has 0 radical (unpaired) electrons. The average Bonchev–Trinajstić information content (AvgIpc) is 3.36. The van der Waals surface area contributed by atoms with E-state index in [2.05, 4.69) is 41.7 Å². The molecule has 0 unspecified atom stereocenters. The van der Waals surface area contributed by atoms with Gasteiger partial charge >= 0.3 is 5.97 Å². The van der Waals surface area contributed by atoms with Crippen molar-refractivity contribution in [3.63, 3.8) is 0 Å². The normalized spacial score (nSPS) is 23.0. The van der Waals surface area contributed by atoms with Crippen LogP contribution >= 0.6 is 0 Å². The van der Waals surface area contributed by atoms with E-state index in [-0.39, 0.29) is 18.8 Å². The molecule has 0 amide bonds. The lowest BCUT2D eigenvalue weighted by Crippen LogP contribution is -2.31. The van der Waals surface area contributed by atoms with Gasteiger partial charge in [0.25, 0.3) is 0 Å². The molecule has 5 nitrogen and oxygen atoms in total. The van der Waals surface area contributed by atoms with Gasteiger partial charge in [0.15, 0.2) is 11.5 Å². The summed E-state index contributed by atoms with van der Waals surface area (Å²) in [6, 6.07) is 20.1. The summed E-state index contributed by atoms with van der Waals surface area (Å²) in [5.74, 6) is 1.04. The van der Waals surface area contributed by atoms with Gasteiger partial charge in [-0.25, -0.2) is 4.79 Å². The summed E-state index contributed by atoms with van der Waals surface area (Å²) in [6.45, 7) is 0.236. The van der Waals surface area contributed by atoms with E-state index in [1.54, 1.807) is 6.07 Å². The van der Waals surface area contributed by atoms with Crippen molar-refractivity contribution >= 4 is 11.7 Å². The van der Waals surface area contributed by atoms with Crippen LogP contribution in [0, 0.1) is 5.92 Å². The van der Waals surface area contributed by atoms with E-state index >= 15 is 0 Å². The highest BCUT2D eigenvalue weighted by atomic mass is 16.7. The first-order valence-electron chi connectivity index (χ1n) is 9.81. The number of nitrogens with one attached hydrogen (secondary N) is 1. The van der Waals surface area contributed by atoms with Gasteiger partial charge in [-0.1, -0.05) is 42.5 Å². The van der Waals surface area contributed by atoms with Gasteiger partial charge in [-0.15, -0.1) is 0 Å². The number of benzene rings is 3. The largest absolute Gasteiger partial charge is 0.478 e. The molecule has 2 aliphatic heterocycles. The number of anilines is 1. The zero-order chi connectivity index (χ0) is 19.5. The molecular weight excluding hydrogens is 366 g/mol. The molecule has 0 fully saturated rings. The lowest BCUT2D eigenvalue weighted by Gasteiger charge is -2.38. The van der Waals surface area contributed by atoms with Gasteiger partial charge in [-0.2, -0.15) is 0 Å². The first-order chi connectivity index (χ1) is 14.2. The van der Waals surface area contributed by atoms with E-state index in [4.69, 9.17) is 9.47 Å². The molecule has 2 N–H and O–H groups in total. The number of aromatic carboxylic acids is 1. The first kappa shape index (κ1) is 16.5. The molecule has 144 valence electrons. The number of carboxylic acids is 1. The van der Waals surface area contributed by atoms with Crippen LogP contribution in [0.25, 0.3) is 0 Å². The number of rotatable bonds is 2. The molecule has 0 saturated heterocycles. The summed E-state index contributed by atoms with van der Waals surface area (Å²) >= 11 is 0. The molecule has 3 atom stereocenters. The second-order valence-corrected chi connectivity index (χ2v) is 7.85. The summed E-state index contributed by atoms with van der Waals surface area (Å²) in [6.07, 6.45) is 0.948. The Balaban J connectivity index is 1.54. The van der Waals surface area contributed by atoms with Crippen LogP contribution in [0.15, 0.2) is 60.7 Å². The predicted octanol–water partition coefficient (Wildman–Crippen LogP) is 4.58. The third-order valence-corrected chi connectivity index (χ3v) is 6.42. The van der Waals surface area contributed by atoms with Gasteiger partial charge in [0, 0.05) is 5.92 Å². The second kappa shape index (κ2) is 6.01. The number of carbonyl (C=O) groups is 1. The minimum absolute atomic E-state index is 0.0186. The zero-order valence-electron chi connectivity index (χ0n) is 15.6. The molecule has 5 heteroatoms. The number of carboxylic acid groups (broad SMARTS) is 1. The molecular formula is C24H19NO4. The smallest absolute Gasteiger partial charge is 0.337 e. The maximum atomic E-state index is 11.9. The average molecular weight is 385 g/mol. The molecule has 29 heavy (non-hydrogen) atoms. The Hall–Kier alpha value is -3.47. The number of para-hydroxylation sites is 1. The van der Waals surface area contributed by atoms with Crippen molar-refractivity contribution in [3.8, 4) is 11.5 Å². The van der Waals surface area contributed by atoms with Crippen LogP contribution in [0.4, 0.5) is 5.69 Å². The van der Waals surface area contributed by atoms with E-state index in [1.165, 1.54) is 11.1 Å². The Morgan fingerprint density at radius 3 is 2.69 bits per heavy atom. The number of hydrogen-bond acceptors (Lipinski definition) is 4. The third kappa shape index (κ3) is 2.37. The topological polar surface area (TPSA) is 67.8 Å². The van der Waals surface area contributed by atoms with Gasteiger partial charge in [-0.3, -0.25) is 0 Å². The molecule has 0 aromatic heterocycles. The van der Waals surface area contributed by atoms with E-state index in [0.717, 1.165) is 34.7 Å². The van der Waals surface area contributed by atoms with Crippen LogP contribution in [-0.2, 0) is 6.42 Å². The van der Waals surface area contributed by atoms with E-state index in [0.29, 0.717) is 11.5 Å². The summed E-state index contributed by atoms with van der Waals surface area (Å²) in [7, 11) is 0. The van der Waals surface area contributed by atoms with Crippen LogP contribution in [0.5, 0.6) is 11.5 Å². The summed E-state index contributed by atoms with van der Waals surface area (Å²) < 4.78 is 11.1. The minimum Gasteiger partial charge on any atom is -0.478 e. The monoisotopic (exact) mass is 385 g/mol. The second-order valence-electron chi connectivity index (χ2n) is 7.85. The molecule has 3 aliphatic rings. The Kier molecular flexibility index (Phi) is 3.42. The van der Waals surface area contributed by atoms with E-state index in [9.17, 15) is 9.90 Å². The number of hydrogen-bond donors (Lipinski definition) is 2. The van der Waals surface area contributed by atoms with Crippen molar-refractivity contribution in [3.05, 3.63) is 88.5 Å². The molecule has 3 aromatic rings. The Bertz CT molecular complexity index is 1160. The predicted molar refractivity (Wildman–Crippen MR) is 108 cm³/mol. The van der Waals surface area contributed by atoms with Crippen LogP contribution in [0.2, 0.25) is 0 Å². The Morgan fingerprint density at radius 1 is 0.966 bits per heavy atom. The van der Waals surface area contributed by atoms with E-state index < -0.39 is 5.97 Å². The first-order valence-corrected chi connectivity index (χ1v) is 9.81. The third-order valence-electron chi connectivity index (χ3n) is 6.42. The SMILES string of the molecule is O=C(O)c1cccc2c1N[C@H](c1ccc3c(c1)OCO3)[C@H]1Cc3ccccc3[C@@H]21. The summed E-state index contributed by atoms with van der Waals surface area (Å²) in [5, 5.41) is 13.4. The number of fused-ring (bicyclic) bond motifs is 6. The van der Waals surface area contributed by atoms with Crippen molar-refractivity contribution < 1.29 is 19.4 Å². The highest BCUT2D eigenvalue weighted by molar-refractivity contribution is 5.96. The van der Waals surface area contributed by atoms with E-state index in [1.807, 2.05) is 18.2 Å². The van der Waals surface area contributed by atoms with Crippen molar-refractivity contribution in [1.29, 1.82) is 0 Å². The van der Waals surface area contributed by atoms with Crippen LogP contribution in [0.3, 0.4) is 0 Å². The molecule has 6 rings (SSSR count). The van der Waals surface area contributed by atoms with Crippen molar-refractivity contribution in [2.45, 2.75) is 18.4 Å². The maximum Gasteiger partial charge on any atom is 0.337 e. The van der Waals surface area contributed by atoms with Gasteiger partial charge < -0.3 is 19.9 Å². The summed E-state index contributed by atoms with van der Waals surface area (Å²) in [5.41, 5.74) is 5.83. The van der Waals surface area contributed by atoms with Crippen LogP contribution < -0.4 is 14.8 Å². The molecule has 0 saturated carbocycles. The quantitative estimate of drug-likeness (QED) is 0.676. The fourth-order valence-corrected chi connectivity index (χ4v) is 5.20. The molecule has 3 aromatic carbocycles. The van der Waals surface area contributed by atoms with Gasteiger partial charge in [0.05, 0.1) is 17.3 Å². The lowest BCUT2D eigenvalue weighted by molar-refractivity contribution is 0.0697. The van der Waals surface area contributed by atoms with Crippen molar-refractivity contribution in [1.82, 2.24) is 0 Å². The highest BCUT2D eigenvalue weighted by Crippen LogP contribution is 2.55. The van der Waals surface area contributed by atoms with Crippen molar-refractivity contribution in [2.24, 2.45) is 5.92 Å². The number of ether oxygens (including phenoxy) is 2. The van der Waals surface area contributed by atoms with Gasteiger partial charge in [0.1, 0.15) is 0 Å². The van der Waals surface area contributed by atoms with Gasteiger partial charge in [0.2, 0.25) is 6.79 Å². The Morgan fingerprint density at radius 2 is 1.79 bits per heavy atom. The van der Waals surface area contributed by atoms with Gasteiger partial charge in [-0.05, 0) is 52.8 Å². The zero-order valence-corrected chi connectivity index (χ0v) is 15.6. The maximum absolute atomic E-state index is 11.9. The van der Waals surface area contributed by atoms with Crippen LogP contribution in [0.1, 0.15) is 44.6 Å². The Labute approximate surface area is 167 Å². The minimum atomic E-state index is -0.913. The summed E-state index contributed by atoms with van der Waals surface area (Å²) in [4.78, 5) is 11.9. The van der Waals surface area contributed by atoms with Crippen LogP contribution in [-0.4, -0.2) is 17.9 Å². The standard InChI is InChI=1S/C24H19NO4/c26-24(27)17-7-3-6-16-21-15-5-2-1-4-13(15)10-18(21)22(25-23(16)17)14-8-9-19-20(11-14)29-12-28-19/h1-9,11,18,21-22,25H,10,12H2,(H,26,27)/t18-,21-,22+/m0/s1. The van der Waals surface area contributed by atoms with Crippen molar-refractivity contribution in [2.75, 3.05) is 12.1 Å². The lowest BCUT2D eigenvalue weighted by atomic mass is 9.75. The fourth-order valence-electron chi connectivity index (χ4n) is 5.20. The highest BCUT2D eigenvalue weighted by Gasteiger charge is 2.44. The molecule has 2 heterocycles. The fraction of sp³-hybridized carbons (Fsp3) is 0.208. The molecule has 0 bridgehead atoms.